The van der Waals surface area contributed by atoms with Crippen molar-refractivity contribution in [3.63, 3.8) is 0 Å². The Hall–Kier alpha value is -5.15. The molecular weight excluding hydrogens is 744 g/mol. The standard InChI is InChI=1S/C36H29Cl2F3N4O8/c1-53-19-6-9-26(46)23(13-19)29-20-7-8-21-28(33(51)44(31(21)49)11-10-27(47)48)22(20)14-24-32(50)45(34(52)35(24,29)16-2-4-18(37)5-3-16)43-30-25(38)12-17(15-42-30)36(39,40)41/h2-7,9,12-13,15,21-22,24,28-29,46H,8,10-11,14H2,1H3,(H,42,43)(H,47,48). The quantitative estimate of drug-likeness (QED) is 0.194. The highest BCUT2D eigenvalue weighted by Crippen LogP contribution is 2.65. The van der Waals surface area contributed by atoms with E-state index < -0.39 is 93.6 Å². The highest BCUT2D eigenvalue weighted by molar-refractivity contribution is 6.33. The number of phenols is 1. The number of anilines is 1. The zero-order valence-electron chi connectivity index (χ0n) is 27.6. The lowest BCUT2D eigenvalue weighted by atomic mass is 9.49. The SMILES string of the molecule is COc1ccc(O)c(C2C3=CCC4C(=O)N(CCC(=O)O)C(=O)C4C3CC3C(=O)N(Nc4ncc(C(F)(F)F)cc4Cl)C(=O)C32c2ccc(Cl)cc2)c1. The van der Waals surface area contributed by atoms with Crippen LogP contribution in [0.15, 0.2) is 66.4 Å². The lowest BCUT2D eigenvalue weighted by Crippen LogP contribution is -2.53. The zero-order valence-corrected chi connectivity index (χ0v) is 29.1. The Morgan fingerprint density at radius 1 is 1.04 bits per heavy atom. The lowest BCUT2D eigenvalue weighted by Gasteiger charge is -2.50. The Balaban J connectivity index is 1.43. The van der Waals surface area contributed by atoms with Crippen molar-refractivity contribution in [2.75, 3.05) is 19.1 Å². The van der Waals surface area contributed by atoms with Crippen molar-refractivity contribution >= 4 is 58.6 Å². The first-order valence-electron chi connectivity index (χ1n) is 16.4. The molecule has 1 aromatic heterocycles. The molecule has 6 atom stereocenters. The van der Waals surface area contributed by atoms with E-state index in [0.29, 0.717) is 33.4 Å². The van der Waals surface area contributed by atoms with E-state index in [0.717, 1.165) is 4.90 Å². The second-order valence-corrected chi connectivity index (χ2v) is 14.2. The molecule has 17 heteroatoms. The smallest absolute Gasteiger partial charge is 0.417 e. The summed E-state index contributed by atoms with van der Waals surface area (Å²) in [6.45, 7) is -0.351. The number of alkyl halides is 3. The van der Waals surface area contributed by atoms with Crippen molar-refractivity contribution in [1.29, 1.82) is 0 Å². The number of amides is 4. The second kappa shape index (κ2) is 13.1. The van der Waals surface area contributed by atoms with Gasteiger partial charge in [0.1, 0.15) is 11.5 Å². The van der Waals surface area contributed by atoms with E-state index in [4.69, 9.17) is 27.9 Å². The van der Waals surface area contributed by atoms with Crippen LogP contribution in [-0.2, 0) is 35.6 Å². The zero-order chi connectivity index (χ0) is 38.1. The van der Waals surface area contributed by atoms with Gasteiger partial charge in [0.15, 0.2) is 5.82 Å². The van der Waals surface area contributed by atoms with E-state index in [9.17, 15) is 42.6 Å². The molecule has 2 aromatic carbocycles. The number of carboxylic acid groups (broad SMARTS) is 1. The number of pyridine rings is 1. The number of hydrogen-bond acceptors (Lipinski definition) is 9. The van der Waals surface area contributed by atoms with Gasteiger partial charge in [0.05, 0.1) is 47.3 Å². The molecule has 2 aliphatic carbocycles. The van der Waals surface area contributed by atoms with Gasteiger partial charge in [0.2, 0.25) is 11.8 Å². The first-order valence-corrected chi connectivity index (χ1v) is 17.1. The summed E-state index contributed by atoms with van der Waals surface area (Å²) < 4.78 is 45.8. The summed E-state index contributed by atoms with van der Waals surface area (Å²) in [4.78, 5) is 73.5. The predicted molar refractivity (Wildman–Crippen MR) is 181 cm³/mol. The van der Waals surface area contributed by atoms with Gasteiger partial charge in [-0.3, -0.25) is 34.3 Å². The third-order valence-electron chi connectivity index (χ3n) is 10.7. The van der Waals surface area contributed by atoms with Gasteiger partial charge in [-0.15, -0.1) is 0 Å². The van der Waals surface area contributed by atoms with E-state index in [1.54, 1.807) is 18.2 Å². The Labute approximate surface area is 309 Å². The number of rotatable bonds is 8. The number of aromatic nitrogens is 1. The summed E-state index contributed by atoms with van der Waals surface area (Å²) in [5.41, 5.74) is 0.447. The Morgan fingerprint density at radius 3 is 2.40 bits per heavy atom. The number of imide groups is 2. The van der Waals surface area contributed by atoms with E-state index in [1.165, 1.54) is 37.4 Å². The van der Waals surface area contributed by atoms with Crippen molar-refractivity contribution in [3.8, 4) is 11.5 Å². The van der Waals surface area contributed by atoms with Gasteiger partial charge in [-0.25, -0.2) is 4.98 Å². The number of fused-ring (bicyclic) bond motifs is 4. The highest BCUT2D eigenvalue weighted by atomic mass is 35.5. The average molecular weight is 774 g/mol. The average Bonchev–Trinajstić information content (AvgIpc) is 3.48. The number of carboxylic acids is 1. The molecule has 0 bridgehead atoms. The topological polar surface area (TPSA) is 166 Å². The van der Waals surface area contributed by atoms with Crippen molar-refractivity contribution in [1.82, 2.24) is 14.9 Å². The fraction of sp³-hybridized carbons (Fsp3) is 0.333. The predicted octanol–water partition coefficient (Wildman–Crippen LogP) is 5.58. The molecule has 3 fully saturated rings. The maximum Gasteiger partial charge on any atom is 0.417 e. The van der Waals surface area contributed by atoms with E-state index in [1.807, 2.05) is 0 Å². The summed E-state index contributed by atoms with van der Waals surface area (Å²) in [6.07, 6.45) is -3.13. The molecule has 0 radical (unpaired) electrons. The number of hydrogen-bond donors (Lipinski definition) is 3. The van der Waals surface area contributed by atoms with Gasteiger partial charge in [0.25, 0.3) is 11.8 Å². The number of phenolic OH excluding ortho intramolecular Hbond substituents is 1. The molecule has 3 N–H and O–H groups in total. The molecule has 7 rings (SSSR count). The lowest BCUT2D eigenvalue weighted by molar-refractivity contribution is -0.143. The number of allylic oxidation sites excluding steroid dienone is 2. The van der Waals surface area contributed by atoms with Crippen molar-refractivity contribution in [2.45, 2.75) is 36.8 Å². The summed E-state index contributed by atoms with van der Waals surface area (Å²) >= 11 is 12.5. The number of benzene rings is 2. The molecule has 276 valence electrons. The third-order valence-corrected chi connectivity index (χ3v) is 11.3. The largest absolute Gasteiger partial charge is 0.508 e. The van der Waals surface area contributed by atoms with Crippen LogP contribution in [0, 0.1) is 23.7 Å². The van der Waals surface area contributed by atoms with E-state index >= 15 is 4.79 Å². The van der Waals surface area contributed by atoms with Crippen molar-refractivity contribution in [2.24, 2.45) is 23.7 Å². The first kappa shape index (κ1) is 36.2. The first-order chi connectivity index (χ1) is 25.1. The molecule has 12 nitrogen and oxygen atoms in total. The summed E-state index contributed by atoms with van der Waals surface area (Å²) in [5, 5.41) is 21.2. The Morgan fingerprint density at radius 2 is 1.75 bits per heavy atom. The minimum absolute atomic E-state index is 0.0441. The van der Waals surface area contributed by atoms with Crippen molar-refractivity contribution < 1.29 is 52.1 Å². The molecule has 4 aliphatic rings. The number of nitrogens with zero attached hydrogens (tertiary/aromatic N) is 3. The monoisotopic (exact) mass is 772 g/mol. The Kier molecular flexibility index (Phi) is 8.92. The van der Waals surface area contributed by atoms with Crippen LogP contribution in [0.4, 0.5) is 19.0 Å². The number of aromatic hydroxyl groups is 1. The number of carbonyl (C=O) groups is 5. The van der Waals surface area contributed by atoms with Crippen LogP contribution in [0.2, 0.25) is 10.0 Å². The van der Waals surface area contributed by atoms with Gasteiger partial charge in [-0.2, -0.15) is 18.2 Å². The van der Waals surface area contributed by atoms with Crippen LogP contribution in [0.1, 0.15) is 41.9 Å². The molecule has 3 heterocycles. The minimum Gasteiger partial charge on any atom is -0.508 e. The summed E-state index contributed by atoms with van der Waals surface area (Å²) in [6, 6.07) is 11.1. The number of hydrazine groups is 1. The molecule has 1 saturated carbocycles. The van der Waals surface area contributed by atoms with Gasteiger partial charge in [0, 0.05) is 29.2 Å². The summed E-state index contributed by atoms with van der Waals surface area (Å²) in [7, 11) is 1.40. The van der Waals surface area contributed by atoms with E-state index in [-0.39, 0.29) is 36.4 Å². The third kappa shape index (κ3) is 5.68. The molecule has 6 unspecified atom stereocenters. The molecule has 2 aliphatic heterocycles. The molecule has 2 saturated heterocycles. The van der Waals surface area contributed by atoms with Crippen LogP contribution in [0.25, 0.3) is 0 Å². The van der Waals surface area contributed by atoms with Crippen molar-refractivity contribution in [3.05, 3.63) is 93.1 Å². The number of carbonyl (C=O) groups excluding carboxylic acids is 4. The molecular formula is C36H29Cl2F3N4O8. The van der Waals surface area contributed by atoms with Gasteiger partial charge in [-0.1, -0.05) is 47.0 Å². The molecule has 4 amide bonds. The van der Waals surface area contributed by atoms with Gasteiger partial charge in [-0.05, 0) is 60.7 Å². The maximum atomic E-state index is 15.2. The number of nitrogens with one attached hydrogen (secondary N) is 1. The Bertz CT molecular complexity index is 2110. The second-order valence-electron chi connectivity index (χ2n) is 13.3. The maximum absolute atomic E-state index is 15.2. The van der Waals surface area contributed by atoms with Gasteiger partial charge >= 0.3 is 12.1 Å². The van der Waals surface area contributed by atoms with Crippen LogP contribution in [-0.4, -0.2) is 68.4 Å². The molecule has 3 aromatic rings. The number of halogens is 5. The number of likely N-dealkylation sites (tertiary alicyclic amines) is 1. The number of methoxy groups -OCH3 is 1. The molecule has 53 heavy (non-hydrogen) atoms. The van der Waals surface area contributed by atoms with Crippen LogP contribution >= 0.6 is 23.2 Å². The number of aliphatic carboxylic acids is 1. The fourth-order valence-electron chi connectivity index (χ4n) is 8.51. The van der Waals surface area contributed by atoms with Crippen LogP contribution < -0.4 is 10.2 Å². The normalized spacial score (nSPS) is 26.6. The van der Waals surface area contributed by atoms with Crippen LogP contribution in [0.3, 0.4) is 0 Å². The minimum atomic E-state index is -4.78. The van der Waals surface area contributed by atoms with Crippen LogP contribution in [0.5, 0.6) is 11.5 Å². The fourth-order valence-corrected chi connectivity index (χ4v) is 8.85. The number of ether oxygens (including phenoxy) is 1. The summed E-state index contributed by atoms with van der Waals surface area (Å²) in [5.74, 6) is -9.70. The molecule has 0 spiro atoms. The van der Waals surface area contributed by atoms with Gasteiger partial charge < -0.3 is 14.9 Å². The highest BCUT2D eigenvalue weighted by Gasteiger charge is 2.70. The van der Waals surface area contributed by atoms with E-state index in [2.05, 4.69) is 10.4 Å².